The normalized spacial score (nSPS) is 21.6. The molecule has 1 aliphatic heterocycles. The van der Waals surface area contributed by atoms with Crippen LogP contribution in [-0.2, 0) is 0 Å². The first kappa shape index (κ1) is 12.5. The zero-order valence-electron chi connectivity index (χ0n) is 9.76. The lowest BCUT2D eigenvalue weighted by Crippen LogP contribution is -2.09. The van der Waals surface area contributed by atoms with Gasteiger partial charge in [0.25, 0.3) is 0 Å². The van der Waals surface area contributed by atoms with Gasteiger partial charge in [-0.05, 0) is 6.07 Å². The molecule has 0 amide bonds. The lowest BCUT2D eigenvalue weighted by molar-refractivity contribution is 0.325. The number of halogens is 3. The van der Waals surface area contributed by atoms with E-state index in [4.69, 9.17) is 0 Å². The summed E-state index contributed by atoms with van der Waals surface area (Å²) < 4.78 is 41.3. The topological polar surface area (TPSA) is 30.7 Å². The number of benzene rings is 1. The lowest BCUT2D eigenvalue weighted by atomic mass is 10.0. The molecule has 0 aliphatic carbocycles. The van der Waals surface area contributed by atoms with Crippen LogP contribution < -0.4 is 0 Å². The van der Waals surface area contributed by atoms with Gasteiger partial charge in [-0.1, -0.05) is 30.0 Å². The largest absolute Gasteiger partial charge is 0.239 e. The van der Waals surface area contributed by atoms with E-state index in [1.165, 1.54) is 10.7 Å². The van der Waals surface area contributed by atoms with Crippen molar-refractivity contribution in [3.63, 3.8) is 0 Å². The van der Waals surface area contributed by atoms with Crippen molar-refractivity contribution in [2.45, 2.75) is 23.8 Å². The number of alkyl halides is 2. The van der Waals surface area contributed by atoms with Crippen LogP contribution in [0, 0.1) is 5.82 Å². The Hall–Kier alpha value is -1.50. The van der Waals surface area contributed by atoms with Gasteiger partial charge in [0, 0.05) is 12.0 Å². The monoisotopic (exact) mass is 285 g/mol. The van der Waals surface area contributed by atoms with Crippen LogP contribution in [0.3, 0.4) is 0 Å². The lowest BCUT2D eigenvalue weighted by Gasteiger charge is -2.12. The molecule has 0 radical (unpaired) electrons. The summed E-state index contributed by atoms with van der Waals surface area (Å²) in [4.78, 5) is 3.94. The van der Waals surface area contributed by atoms with Crippen LogP contribution in [-0.4, -0.2) is 20.8 Å². The first-order chi connectivity index (χ1) is 9.20. The maximum Gasteiger partial charge on any atom is 0.211 e. The first-order valence-electron chi connectivity index (χ1n) is 5.74. The zero-order chi connectivity index (χ0) is 13.4. The Morgan fingerprint density at radius 3 is 2.89 bits per heavy atom. The van der Waals surface area contributed by atoms with Gasteiger partial charge in [-0.15, -0.1) is 5.10 Å². The molecule has 0 saturated heterocycles. The highest BCUT2D eigenvalue weighted by Gasteiger charge is 2.36. The fourth-order valence-corrected chi connectivity index (χ4v) is 2.67. The molecule has 0 N–H and O–H groups in total. The van der Waals surface area contributed by atoms with Gasteiger partial charge in [0.1, 0.15) is 11.8 Å². The SMILES string of the molecule is FCSc1nc2n(n1)C(c1ccccc1F)CC2F. The highest BCUT2D eigenvalue weighted by atomic mass is 32.2. The van der Waals surface area contributed by atoms with Gasteiger partial charge in [0.2, 0.25) is 5.16 Å². The Morgan fingerprint density at radius 1 is 1.37 bits per heavy atom. The van der Waals surface area contributed by atoms with Crippen molar-refractivity contribution in [2.24, 2.45) is 0 Å². The second-order valence-electron chi connectivity index (χ2n) is 4.19. The van der Waals surface area contributed by atoms with E-state index in [1.807, 2.05) is 0 Å². The van der Waals surface area contributed by atoms with Crippen LogP contribution in [0.15, 0.2) is 29.4 Å². The number of thioether (sulfide) groups is 1. The Balaban J connectivity index is 2.01. The number of rotatable bonds is 3. The molecule has 3 nitrogen and oxygen atoms in total. The van der Waals surface area contributed by atoms with Crippen molar-refractivity contribution in [3.8, 4) is 0 Å². The van der Waals surface area contributed by atoms with Crippen LogP contribution in [0.5, 0.6) is 0 Å². The standard InChI is InChI=1S/C12H10F3N3S/c13-6-19-12-16-11-9(15)5-10(18(11)17-12)7-3-1-2-4-8(7)14/h1-4,9-10H,5-6H2. The van der Waals surface area contributed by atoms with Crippen molar-refractivity contribution in [1.29, 1.82) is 0 Å². The number of hydrogen-bond acceptors (Lipinski definition) is 3. The third-order valence-electron chi connectivity index (χ3n) is 3.09. The van der Waals surface area contributed by atoms with Crippen molar-refractivity contribution in [2.75, 3.05) is 6.01 Å². The van der Waals surface area contributed by atoms with E-state index in [0.29, 0.717) is 5.56 Å². The summed E-state index contributed by atoms with van der Waals surface area (Å²) in [5, 5.41) is 4.23. The molecule has 19 heavy (non-hydrogen) atoms. The molecule has 0 spiro atoms. The summed E-state index contributed by atoms with van der Waals surface area (Å²) in [6, 6.07) is 5.00. The molecule has 3 rings (SSSR count). The fourth-order valence-electron chi connectivity index (χ4n) is 2.27. The average molecular weight is 285 g/mol. The molecule has 1 aliphatic rings. The quantitative estimate of drug-likeness (QED) is 0.809. The summed E-state index contributed by atoms with van der Waals surface area (Å²) in [5.41, 5.74) is 0.380. The maximum absolute atomic E-state index is 13.9. The summed E-state index contributed by atoms with van der Waals surface area (Å²) >= 11 is 0.793. The van der Waals surface area contributed by atoms with Crippen molar-refractivity contribution in [1.82, 2.24) is 14.8 Å². The predicted octanol–water partition coefficient (Wildman–Crippen LogP) is 3.44. The molecule has 100 valence electrons. The van der Waals surface area contributed by atoms with E-state index in [-0.39, 0.29) is 17.4 Å². The molecule has 7 heteroatoms. The zero-order valence-corrected chi connectivity index (χ0v) is 10.6. The number of aromatic nitrogens is 3. The molecule has 0 fully saturated rings. The van der Waals surface area contributed by atoms with Crippen LogP contribution in [0.4, 0.5) is 13.2 Å². The van der Waals surface area contributed by atoms with Crippen LogP contribution in [0.2, 0.25) is 0 Å². The summed E-state index contributed by atoms with van der Waals surface area (Å²) in [7, 11) is 0. The van der Waals surface area contributed by atoms with Crippen LogP contribution >= 0.6 is 11.8 Å². The molecule has 2 aromatic rings. The van der Waals surface area contributed by atoms with Gasteiger partial charge in [-0.3, -0.25) is 0 Å². The molecule has 0 saturated carbocycles. The Morgan fingerprint density at radius 2 is 2.16 bits per heavy atom. The van der Waals surface area contributed by atoms with Crippen molar-refractivity contribution < 1.29 is 13.2 Å². The van der Waals surface area contributed by atoms with Gasteiger partial charge in [0.05, 0.1) is 6.04 Å². The van der Waals surface area contributed by atoms with E-state index in [1.54, 1.807) is 18.2 Å². The molecule has 2 heterocycles. The Labute approximate surface area is 111 Å². The van der Waals surface area contributed by atoms with Gasteiger partial charge in [-0.2, -0.15) is 0 Å². The molecule has 1 aromatic carbocycles. The average Bonchev–Trinajstić information content (AvgIpc) is 2.92. The molecule has 1 aromatic heterocycles. The Bertz CT molecular complexity index is 602. The summed E-state index contributed by atoms with van der Waals surface area (Å²) in [5.74, 6) is -0.257. The predicted molar refractivity (Wildman–Crippen MR) is 64.9 cm³/mol. The van der Waals surface area contributed by atoms with E-state index in [9.17, 15) is 13.2 Å². The third kappa shape index (κ3) is 2.11. The molecule has 2 unspecified atom stereocenters. The third-order valence-corrected chi connectivity index (χ3v) is 3.63. The molecular weight excluding hydrogens is 275 g/mol. The van der Waals surface area contributed by atoms with E-state index >= 15 is 0 Å². The highest BCUT2D eigenvalue weighted by molar-refractivity contribution is 7.98. The van der Waals surface area contributed by atoms with Gasteiger partial charge in [0.15, 0.2) is 12.0 Å². The van der Waals surface area contributed by atoms with E-state index in [2.05, 4.69) is 10.1 Å². The number of nitrogens with zero attached hydrogens (tertiary/aromatic N) is 3. The van der Waals surface area contributed by atoms with Crippen molar-refractivity contribution in [3.05, 3.63) is 41.5 Å². The minimum absolute atomic E-state index is 0.108. The minimum atomic E-state index is -1.30. The highest BCUT2D eigenvalue weighted by Crippen LogP contribution is 2.40. The number of fused-ring (bicyclic) bond motifs is 1. The molecule has 2 atom stereocenters. The van der Waals surface area contributed by atoms with Crippen LogP contribution in [0.25, 0.3) is 0 Å². The van der Waals surface area contributed by atoms with E-state index < -0.39 is 24.0 Å². The molecular formula is C12H10F3N3S. The maximum atomic E-state index is 13.9. The fraction of sp³-hybridized carbons (Fsp3) is 0.333. The smallest absolute Gasteiger partial charge is 0.211 e. The van der Waals surface area contributed by atoms with Gasteiger partial charge >= 0.3 is 0 Å². The van der Waals surface area contributed by atoms with Crippen molar-refractivity contribution >= 4 is 11.8 Å². The van der Waals surface area contributed by atoms with E-state index in [0.717, 1.165) is 11.8 Å². The summed E-state index contributed by atoms with van der Waals surface area (Å²) in [6.07, 6.45) is -1.19. The van der Waals surface area contributed by atoms with Gasteiger partial charge < -0.3 is 0 Å². The minimum Gasteiger partial charge on any atom is -0.239 e. The first-order valence-corrected chi connectivity index (χ1v) is 6.73. The molecule has 0 bridgehead atoms. The summed E-state index contributed by atoms with van der Waals surface area (Å²) in [6.45, 7) is 0. The second-order valence-corrected chi connectivity index (χ2v) is 5.06. The Kier molecular flexibility index (Phi) is 3.22. The van der Waals surface area contributed by atoms with Gasteiger partial charge in [-0.25, -0.2) is 22.8 Å². The number of hydrogen-bond donors (Lipinski definition) is 0. The second kappa shape index (κ2) is 4.88. The van der Waals surface area contributed by atoms with Crippen LogP contribution in [0.1, 0.15) is 30.0 Å².